The highest BCUT2D eigenvalue weighted by Gasteiger charge is 2.22. The van der Waals surface area contributed by atoms with E-state index >= 15 is 0 Å². The Bertz CT molecular complexity index is 567. The van der Waals surface area contributed by atoms with Crippen LogP contribution in [0.3, 0.4) is 0 Å². The monoisotopic (exact) mass is 343 g/mol. The molecule has 0 aromatic heterocycles. The van der Waals surface area contributed by atoms with E-state index in [9.17, 15) is 13.2 Å². The molecule has 0 aliphatic carbocycles. The molecule has 0 aliphatic rings. The summed E-state index contributed by atoms with van der Waals surface area (Å²) in [6, 6.07) is 3.94. The molecule has 0 radical (unpaired) electrons. The summed E-state index contributed by atoms with van der Waals surface area (Å²) in [5.74, 6) is -1.85. The Morgan fingerprint density at radius 1 is 0.900 bits per heavy atom. The summed E-state index contributed by atoms with van der Waals surface area (Å²) >= 11 is 3.02. The van der Waals surface area contributed by atoms with Gasteiger partial charge in [-0.3, -0.25) is 0 Å². The van der Waals surface area contributed by atoms with Crippen LogP contribution in [-0.2, 0) is 0 Å². The Morgan fingerprint density at radius 3 is 1.80 bits per heavy atom. The first-order chi connectivity index (χ1) is 9.31. The Balaban J connectivity index is 2.61. The average Bonchev–Trinajstić information content (AvgIpc) is 2.25. The van der Waals surface area contributed by atoms with E-state index in [1.165, 1.54) is 12.1 Å². The zero-order valence-corrected chi connectivity index (χ0v) is 12.6. The lowest BCUT2D eigenvalue weighted by Crippen LogP contribution is -2.18. The van der Waals surface area contributed by atoms with Gasteiger partial charge in [-0.25, -0.2) is 13.2 Å². The minimum atomic E-state index is -0.983. The molecule has 1 atom stereocenters. The van der Waals surface area contributed by atoms with E-state index in [-0.39, 0.29) is 5.56 Å². The van der Waals surface area contributed by atoms with Gasteiger partial charge < -0.3 is 5.73 Å². The van der Waals surface area contributed by atoms with Crippen LogP contribution < -0.4 is 5.73 Å². The van der Waals surface area contributed by atoms with Crippen LogP contribution >= 0.6 is 15.9 Å². The van der Waals surface area contributed by atoms with Crippen molar-refractivity contribution in [3.63, 3.8) is 0 Å². The summed E-state index contributed by atoms with van der Waals surface area (Å²) in [4.78, 5) is 0. The maximum atomic E-state index is 14.0. The number of rotatable bonds is 2. The third kappa shape index (κ3) is 2.74. The summed E-state index contributed by atoms with van der Waals surface area (Å²) in [6.07, 6.45) is 0. The van der Waals surface area contributed by atoms with Gasteiger partial charge in [-0.2, -0.15) is 0 Å². The minimum absolute atomic E-state index is 0.217. The molecule has 0 saturated carbocycles. The predicted octanol–water partition coefficient (Wildman–Crippen LogP) is 4.53. The zero-order chi connectivity index (χ0) is 15.0. The third-order valence-corrected chi connectivity index (χ3v) is 3.68. The number of halogens is 4. The number of aryl methyl sites for hydroxylation is 2. The van der Waals surface area contributed by atoms with Crippen molar-refractivity contribution in [3.05, 3.63) is 68.4 Å². The fraction of sp³-hybridized carbons (Fsp3) is 0.200. The van der Waals surface area contributed by atoms with Crippen LogP contribution in [0.15, 0.2) is 28.7 Å². The van der Waals surface area contributed by atoms with E-state index < -0.39 is 23.5 Å². The number of nitrogens with two attached hydrogens (primary N) is 1. The summed E-state index contributed by atoms with van der Waals surface area (Å²) in [6.45, 7) is 3.33. The molecular formula is C15H13BrF3N. The fourth-order valence-electron chi connectivity index (χ4n) is 2.41. The maximum absolute atomic E-state index is 14.0. The van der Waals surface area contributed by atoms with Gasteiger partial charge in [0.1, 0.15) is 17.5 Å². The largest absolute Gasteiger partial charge is 0.320 e. The molecule has 0 spiro atoms. The summed E-state index contributed by atoms with van der Waals surface area (Å²) in [5.41, 5.74) is 7.45. The summed E-state index contributed by atoms with van der Waals surface area (Å²) < 4.78 is 41.5. The number of hydrogen-bond acceptors (Lipinski definition) is 1. The van der Waals surface area contributed by atoms with E-state index in [0.717, 1.165) is 12.1 Å². The lowest BCUT2D eigenvalue weighted by atomic mass is 9.91. The SMILES string of the molecule is Cc1cc(F)cc(C)c1C(N)c1c(F)cc(Br)cc1F. The van der Waals surface area contributed by atoms with Gasteiger partial charge in [-0.1, -0.05) is 15.9 Å². The second-order valence-electron chi connectivity index (χ2n) is 4.71. The van der Waals surface area contributed by atoms with Crippen LogP contribution in [0.1, 0.15) is 28.3 Å². The van der Waals surface area contributed by atoms with Crippen LogP contribution in [0.4, 0.5) is 13.2 Å². The molecule has 0 heterocycles. The third-order valence-electron chi connectivity index (χ3n) is 3.22. The van der Waals surface area contributed by atoms with Crippen molar-refractivity contribution >= 4 is 15.9 Å². The van der Waals surface area contributed by atoms with E-state index in [0.29, 0.717) is 21.2 Å². The second-order valence-corrected chi connectivity index (χ2v) is 5.63. The van der Waals surface area contributed by atoms with Gasteiger partial charge in [0.2, 0.25) is 0 Å². The molecule has 2 rings (SSSR count). The topological polar surface area (TPSA) is 26.0 Å². The molecule has 2 aromatic carbocycles. The Kier molecular flexibility index (Phi) is 4.20. The van der Waals surface area contributed by atoms with Gasteiger partial charge >= 0.3 is 0 Å². The van der Waals surface area contributed by atoms with Crippen LogP contribution in [0.25, 0.3) is 0 Å². The van der Waals surface area contributed by atoms with Gasteiger partial charge in [0.15, 0.2) is 0 Å². The van der Waals surface area contributed by atoms with Gasteiger partial charge in [-0.15, -0.1) is 0 Å². The first-order valence-electron chi connectivity index (χ1n) is 5.98. The Labute approximate surface area is 123 Å². The average molecular weight is 344 g/mol. The molecule has 1 unspecified atom stereocenters. The van der Waals surface area contributed by atoms with Gasteiger partial charge in [0.05, 0.1) is 6.04 Å². The fourth-order valence-corrected chi connectivity index (χ4v) is 2.81. The zero-order valence-electron chi connectivity index (χ0n) is 11.0. The highest BCUT2D eigenvalue weighted by molar-refractivity contribution is 9.10. The molecule has 20 heavy (non-hydrogen) atoms. The van der Waals surface area contributed by atoms with E-state index in [2.05, 4.69) is 15.9 Å². The molecule has 2 aromatic rings. The van der Waals surface area contributed by atoms with Crippen molar-refractivity contribution in [1.82, 2.24) is 0 Å². The van der Waals surface area contributed by atoms with E-state index in [4.69, 9.17) is 5.73 Å². The predicted molar refractivity (Wildman–Crippen MR) is 76.0 cm³/mol. The quantitative estimate of drug-likeness (QED) is 0.851. The lowest BCUT2D eigenvalue weighted by Gasteiger charge is -2.19. The Hall–Kier alpha value is -1.33. The molecule has 1 nitrogen and oxygen atoms in total. The van der Waals surface area contributed by atoms with Crippen LogP contribution in [0, 0.1) is 31.3 Å². The molecule has 0 saturated heterocycles. The molecule has 0 fully saturated rings. The van der Waals surface area contributed by atoms with Crippen molar-refractivity contribution in [2.24, 2.45) is 5.73 Å². The smallest absolute Gasteiger partial charge is 0.132 e. The number of hydrogen-bond donors (Lipinski definition) is 1. The van der Waals surface area contributed by atoms with E-state index in [1.54, 1.807) is 13.8 Å². The highest BCUT2D eigenvalue weighted by atomic mass is 79.9. The molecule has 5 heteroatoms. The van der Waals surface area contributed by atoms with Crippen LogP contribution in [-0.4, -0.2) is 0 Å². The van der Waals surface area contributed by atoms with Crippen LogP contribution in [0.5, 0.6) is 0 Å². The first kappa shape index (κ1) is 15.1. The molecular weight excluding hydrogens is 331 g/mol. The molecule has 106 valence electrons. The molecule has 0 aliphatic heterocycles. The Morgan fingerprint density at radius 2 is 1.35 bits per heavy atom. The van der Waals surface area contributed by atoms with Crippen molar-refractivity contribution < 1.29 is 13.2 Å². The first-order valence-corrected chi connectivity index (χ1v) is 6.77. The molecule has 2 N–H and O–H groups in total. The van der Waals surface area contributed by atoms with Gasteiger partial charge in [0.25, 0.3) is 0 Å². The van der Waals surface area contributed by atoms with Gasteiger partial charge in [-0.05, 0) is 54.8 Å². The normalized spacial score (nSPS) is 12.6. The van der Waals surface area contributed by atoms with Crippen molar-refractivity contribution in [1.29, 1.82) is 0 Å². The van der Waals surface area contributed by atoms with Gasteiger partial charge in [0, 0.05) is 10.0 Å². The van der Waals surface area contributed by atoms with Crippen molar-refractivity contribution in [2.75, 3.05) is 0 Å². The van der Waals surface area contributed by atoms with E-state index in [1.807, 2.05) is 0 Å². The minimum Gasteiger partial charge on any atom is -0.320 e. The standard InChI is InChI=1S/C15H13BrF3N/c1-7-3-10(17)4-8(2)13(7)15(20)14-11(18)5-9(16)6-12(14)19/h3-6,15H,20H2,1-2H3. The second kappa shape index (κ2) is 5.58. The lowest BCUT2D eigenvalue weighted by molar-refractivity contribution is 0.540. The maximum Gasteiger partial charge on any atom is 0.132 e. The summed E-state index contributed by atoms with van der Waals surface area (Å²) in [7, 11) is 0. The summed E-state index contributed by atoms with van der Waals surface area (Å²) in [5, 5.41) is 0. The highest BCUT2D eigenvalue weighted by Crippen LogP contribution is 2.31. The number of benzene rings is 2. The van der Waals surface area contributed by atoms with Crippen molar-refractivity contribution in [3.8, 4) is 0 Å². The van der Waals surface area contributed by atoms with Crippen molar-refractivity contribution in [2.45, 2.75) is 19.9 Å². The van der Waals surface area contributed by atoms with Crippen LogP contribution in [0.2, 0.25) is 0 Å². The molecule has 0 amide bonds. The molecule has 0 bridgehead atoms.